The molecule has 0 amide bonds. The number of anilines is 1. The number of nitrogens with zero attached hydrogens (tertiary/aromatic N) is 6. The SMILES string of the molecule is CCNCC1CCN(c2cncc3nnnn23)CC1. The first-order valence-corrected chi connectivity index (χ1v) is 6.86. The Labute approximate surface area is 112 Å². The summed E-state index contributed by atoms with van der Waals surface area (Å²) in [5.41, 5.74) is 0.701. The molecule has 1 saturated heterocycles. The highest BCUT2D eigenvalue weighted by Gasteiger charge is 2.21. The predicted octanol–water partition coefficient (Wildman–Crippen LogP) is 0.345. The van der Waals surface area contributed by atoms with Gasteiger partial charge in [-0.3, -0.25) is 4.98 Å². The summed E-state index contributed by atoms with van der Waals surface area (Å²) in [5.74, 6) is 1.77. The van der Waals surface area contributed by atoms with E-state index in [1.165, 1.54) is 12.8 Å². The highest BCUT2D eigenvalue weighted by atomic mass is 15.5. The first kappa shape index (κ1) is 12.3. The summed E-state index contributed by atoms with van der Waals surface area (Å²) in [6.45, 7) is 6.40. The Morgan fingerprint density at radius 2 is 2.16 bits per heavy atom. The fraction of sp³-hybridized carbons (Fsp3) is 0.667. The van der Waals surface area contributed by atoms with E-state index in [1.807, 2.05) is 6.20 Å². The largest absolute Gasteiger partial charge is 0.355 e. The second-order valence-corrected chi connectivity index (χ2v) is 4.95. The molecule has 3 rings (SSSR count). The lowest BCUT2D eigenvalue weighted by Gasteiger charge is -2.33. The van der Waals surface area contributed by atoms with Crippen molar-refractivity contribution in [2.24, 2.45) is 5.92 Å². The van der Waals surface area contributed by atoms with Crippen LogP contribution in [0.2, 0.25) is 0 Å². The van der Waals surface area contributed by atoms with E-state index in [0.29, 0.717) is 5.65 Å². The van der Waals surface area contributed by atoms with Gasteiger partial charge in [0.15, 0.2) is 11.5 Å². The second-order valence-electron chi connectivity index (χ2n) is 4.95. The number of fused-ring (bicyclic) bond motifs is 1. The molecule has 0 saturated carbocycles. The highest BCUT2D eigenvalue weighted by Crippen LogP contribution is 2.22. The van der Waals surface area contributed by atoms with Crippen LogP contribution in [-0.2, 0) is 0 Å². The number of piperidine rings is 1. The number of hydrogen-bond acceptors (Lipinski definition) is 6. The first-order valence-electron chi connectivity index (χ1n) is 6.86. The summed E-state index contributed by atoms with van der Waals surface area (Å²) in [6.07, 6.45) is 5.92. The number of rotatable bonds is 4. The van der Waals surface area contributed by atoms with Crippen LogP contribution in [0.1, 0.15) is 19.8 Å². The molecule has 1 fully saturated rings. The summed E-state index contributed by atoms with van der Waals surface area (Å²) in [7, 11) is 0. The molecule has 0 aromatic carbocycles. The minimum absolute atomic E-state index is 0.701. The van der Waals surface area contributed by atoms with Crippen molar-refractivity contribution >= 4 is 11.5 Å². The van der Waals surface area contributed by atoms with Crippen LogP contribution in [0.3, 0.4) is 0 Å². The standard InChI is InChI=1S/C12H19N7/c1-2-13-7-10-3-5-18(6-4-10)12-9-14-8-11-15-16-17-19(11)12/h8-10,13H,2-7H2,1H3. The maximum Gasteiger partial charge on any atom is 0.199 e. The lowest BCUT2D eigenvalue weighted by Crippen LogP contribution is -2.38. The van der Waals surface area contributed by atoms with Gasteiger partial charge < -0.3 is 10.2 Å². The minimum Gasteiger partial charge on any atom is -0.355 e. The third-order valence-corrected chi connectivity index (χ3v) is 3.71. The van der Waals surface area contributed by atoms with E-state index in [9.17, 15) is 0 Å². The number of tetrazole rings is 1. The van der Waals surface area contributed by atoms with Gasteiger partial charge in [-0.25, -0.2) is 0 Å². The number of hydrogen-bond donors (Lipinski definition) is 1. The Hall–Kier alpha value is -1.76. The van der Waals surface area contributed by atoms with Crippen molar-refractivity contribution < 1.29 is 0 Å². The molecule has 19 heavy (non-hydrogen) atoms. The number of aromatic nitrogens is 5. The van der Waals surface area contributed by atoms with E-state index in [-0.39, 0.29) is 0 Å². The Kier molecular flexibility index (Phi) is 3.54. The fourth-order valence-corrected chi connectivity index (χ4v) is 2.59. The van der Waals surface area contributed by atoms with Crippen molar-refractivity contribution in [2.75, 3.05) is 31.1 Å². The fourth-order valence-electron chi connectivity index (χ4n) is 2.59. The van der Waals surface area contributed by atoms with Gasteiger partial charge in [0.25, 0.3) is 0 Å². The van der Waals surface area contributed by atoms with Gasteiger partial charge in [0.1, 0.15) is 0 Å². The quantitative estimate of drug-likeness (QED) is 0.856. The third kappa shape index (κ3) is 2.51. The maximum absolute atomic E-state index is 4.21. The summed E-state index contributed by atoms with van der Waals surface area (Å²) in [5, 5.41) is 15.1. The molecule has 0 spiro atoms. The van der Waals surface area contributed by atoms with Crippen LogP contribution >= 0.6 is 0 Å². The molecule has 0 radical (unpaired) electrons. The zero-order valence-electron chi connectivity index (χ0n) is 11.2. The molecule has 2 aromatic rings. The highest BCUT2D eigenvalue weighted by molar-refractivity contribution is 5.46. The van der Waals surface area contributed by atoms with E-state index in [2.05, 4.69) is 37.6 Å². The van der Waals surface area contributed by atoms with Gasteiger partial charge in [-0.1, -0.05) is 6.92 Å². The average molecular weight is 261 g/mol. The predicted molar refractivity (Wildman–Crippen MR) is 72.1 cm³/mol. The van der Waals surface area contributed by atoms with Gasteiger partial charge in [-0.2, -0.15) is 4.52 Å². The molecule has 3 heterocycles. The molecule has 1 aliphatic rings. The van der Waals surface area contributed by atoms with Crippen LogP contribution in [0, 0.1) is 5.92 Å². The van der Waals surface area contributed by atoms with Gasteiger partial charge in [-0.05, 0) is 42.3 Å². The summed E-state index contributed by atoms with van der Waals surface area (Å²) in [4.78, 5) is 6.53. The molecule has 0 unspecified atom stereocenters. The maximum atomic E-state index is 4.21. The lowest BCUT2D eigenvalue weighted by molar-refractivity contribution is 0.384. The summed E-state index contributed by atoms with van der Waals surface area (Å²) < 4.78 is 1.76. The molecule has 0 aliphatic carbocycles. The van der Waals surface area contributed by atoms with Gasteiger partial charge in [0.05, 0.1) is 12.4 Å². The monoisotopic (exact) mass is 261 g/mol. The Bertz CT molecular complexity index is 530. The van der Waals surface area contributed by atoms with E-state index < -0.39 is 0 Å². The Balaban J connectivity index is 1.69. The molecular weight excluding hydrogens is 242 g/mol. The lowest BCUT2D eigenvalue weighted by atomic mass is 9.97. The van der Waals surface area contributed by atoms with Crippen LogP contribution in [-0.4, -0.2) is 51.2 Å². The number of nitrogens with one attached hydrogen (secondary N) is 1. The van der Waals surface area contributed by atoms with Crippen LogP contribution in [0.25, 0.3) is 5.65 Å². The minimum atomic E-state index is 0.701. The molecule has 2 aromatic heterocycles. The molecule has 0 bridgehead atoms. The van der Waals surface area contributed by atoms with Crippen molar-refractivity contribution in [3.8, 4) is 0 Å². The van der Waals surface area contributed by atoms with Crippen molar-refractivity contribution in [2.45, 2.75) is 19.8 Å². The van der Waals surface area contributed by atoms with Crippen LogP contribution in [0.4, 0.5) is 5.82 Å². The zero-order chi connectivity index (χ0) is 13.1. The topological polar surface area (TPSA) is 71.2 Å². The van der Waals surface area contributed by atoms with Gasteiger partial charge in [0, 0.05) is 13.1 Å². The van der Waals surface area contributed by atoms with E-state index in [0.717, 1.165) is 37.9 Å². The first-order chi connectivity index (χ1) is 9.38. The summed E-state index contributed by atoms with van der Waals surface area (Å²) in [6, 6.07) is 0. The molecule has 7 heteroatoms. The molecule has 102 valence electrons. The van der Waals surface area contributed by atoms with Crippen molar-refractivity contribution in [1.82, 2.24) is 30.3 Å². The zero-order valence-corrected chi connectivity index (χ0v) is 11.2. The van der Waals surface area contributed by atoms with E-state index >= 15 is 0 Å². The van der Waals surface area contributed by atoms with Crippen molar-refractivity contribution in [1.29, 1.82) is 0 Å². The van der Waals surface area contributed by atoms with Gasteiger partial charge in [0.2, 0.25) is 0 Å². The van der Waals surface area contributed by atoms with Crippen molar-refractivity contribution in [3.63, 3.8) is 0 Å². The molecular formula is C12H19N7. The molecule has 0 atom stereocenters. The van der Waals surface area contributed by atoms with Crippen LogP contribution in [0.15, 0.2) is 12.4 Å². The van der Waals surface area contributed by atoms with Gasteiger partial charge >= 0.3 is 0 Å². The van der Waals surface area contributed by atoms with Crippen LogP contribution in [0.5, 0.6) is 0 Å². The third-order valence-electron chi connectivity index (χ3n) is 3.71. The smallest absolute Gasteiger partial charge is 0.199 e. The Morgan fingerprint density at radius 3 is 2.95 bits per heavy atom. The van der Waals surface area contributed by atoms with E-state index in [1.54, 1.807) is 10.7 Å². The second kappa shape index (κ2) is 5.48. The molecule has 1 aliphatic heterocycles. The molecule has 1 N–H and O–H groups in total. The van der Waals surface area contributed by atoms with Crippen molar-refractivity contribution in [3.05, 3.63) is 12.4 Å². The normalized spacial score (nSPS) is 17.2. The van der Waals surface area contributed by atoms with Gasteiger partial charge in [-0.15, -0.1) is 5.10 Å². The average Bonchev–Trinajstić information content (AvgIpc) is 2.94. The van der Waals surface area contributed by atoms with E-state index in [4.69, 9.17) is 0 Å². The van der Waals surface area contributed by atoms with Crippen LogP contribution < -0.4 is 10.2 Å². The Morgan fingerprint density at radius 1 is 1.32 bits per heavy atom. The summed E-state index contributed by atoms with van der Waals surface area (Å²) >= 11 is 0. The molecule has 7 nitrogen and oxygen atoms in total.